The molecule has 0 spiro atoms. The predicted molar refractivity (Wildman–Crippen MR) is 77.4 cm³/mol. The van der Waals surface area contributed by atoms with Gasteiger partial charge in [-0.05, 0) is 24.6 Å². The molecular weight excluding hydrogens is 295 g/mol. The number of hydrogen-bond donors (Lipinski definition) is 2. The topological polar surface area (TPSA) is 90.0 Å². The zero-order valence-electron chi connectivity index (χ0n) is 11.8. The molecule has 6 nitrogen and oxygen atoms in total. The molecule has 2 aromatic rings. The first-order valence-electron chi connectivity index (χ1n) is 6.39. The fraction of sp³-hybridized carbons (Fsp3) is 0.308. The smallest absolute Gasteiger partial charge is 0.241 e. The van der Waals surface area contributed by atoms with Gasteiger partial charge in [-0.3, -0.25) is 4.68 Å². The van der Waals surface area contributed by atoms with Crippen molar-refractivity contribution in [2.45, 2.75) is 24.8 Å². The number of aromatic nitrogens is 2. The highest BCUT2D eigenvalue weighted by Crippen LogP contribution is 2.16. The Hall–Kier alpha value is -1.93. The highest BCUT2D eigenvalue weighted by atomic mass is 32.2. The minimum absolute atomic E-state index is 0.0611. The van der Waals surface area contributed by atoms with Crippen molar-refractivity contribution in [2.24, 2.45) is 7.05 Å². The Morgan fingerprint density at radius 2 is 2.10 bits per heavy atom. The summed E-state index contributed by atoms with van der Waals surface area (Å²) in [5.41, 5.74) is 7.13. The van der Waals surface area contributed by atoms with Gasteiger partial charge < -0.3 is 5.73 Å². The third kappa shape index (κ3) is 3.59. The number of rotatable bonds is 5. The van der Waals surface area contributed by atoms with E-state index in [1.807, 2.05) is 6.92 Å². The monoisotopic (exact) mass is 312 g/mol. The molecule has 0 saturated heterocycles. The Labute approximate surface area is 122 Å². The van der Waals surface area contributed by atoms with Gasteiger partial charge in [-0.15, -0.1) is 0 Å². The van der Waals surface area contributed by atoms with E-state index in [0.717, 1.165) is 23.4 Å². The van der Waals surface area contributed by atoms with E-state index in [9.17, 15) is 12.8 Å². The van der Waals surface area contributed by atoms with E-state index in [-0.39, 0.29) is 17.1 Å². The number of sulfonamides is 1. The first kappa shape index (κ1) is 15.5. The van der Waals surface area contributed by atoms with Crippen LogP contribution in [-0.4, -0.2) is 18.2 Å². The lowest BCUT2D eigenvalue weighted by Crippen LogP contribution is -2.23. The van der Waals surface area contributed by atoms with Crippen LogP contribution in [0.2, 0.25) is 0 Å². The van der Waals surface area contributed by atoms with Crippen LogP contribution in [0.15, 0.2) is 29.3 Å². The third-order valence-electron chi connectivity index (χ3n) is 2.98. The average molecular weight is 312 g/mol. The van der Waals surface area contributed by atoms with Crippen LogP contribution in [-0.2, 0) is 30.0 Å². The Morgan fingerprint density at radius 3 is 2.71 bits per heavy atom. The summed E-state index contributed by atoms with van der Waals surface area (Å²) < 4.78 is 41.6. The van der Waals surface area contributed by atoms with Crippen LogP contribution in [0, 0.1) is 5.82 Å². The summed E-state index contributed by atoms with van der Waals surface area (Å²) in [4.78, 5) is -0.193. The standard InChI is InChI=1S/C13H17FN4O2S/c1-3-13-9(8-18(2)17-13)7-16-21(19,20)12-5-10(14)4-11(15)6-12/h4-6,8,16H,3,7,15H2,1-2H3. The van der Waals surface area contributed by atoms with Crippen molar-refractivity contribution >= 4 is 15.7 Å². The Bertz CT molecular complexity index is 735. The van der Waals surface area contributed by atoms with Gasteiger partial charge in [0.05, 0.1) is 10.6 Å². The Kier molecular flexibility index (Phi) is 4.29. The van der Waals surface area contributed by atoms with Crippen molar-refractivity contribution in [3.8, 4) is 0 Å². The molecule has 21 heavy (non-hydrogen) atoms. The van der Waals surface area contributed by atoms with Gasteiger partial charge >= 0.3 is 0 Å². The summed E-state index contributed by atoms with van der Waals surface area (Å²) >= 11 is 0. The number of halogens is 1. The van der Waals surface area contributed by atoms with Gasteiger partial charge in [0.1, 0.15) is 5.82 Å². The molecule has 3 N–H and O–H groups in total. The highest BCUT2D eigenvalue weighted by molar-refractivity contribution is 7.89. The molecule has 0 radical (unpaired) electrons. The second kappa shape index (κ2) is 5.82. The van der Waals surface area contributed by atoms with E-state index in [0.29, 0.717) is 6.42 Å². The predicted octanol–water partition coefficient (Wildman–Crippen LogP) is 1.18. The van der Waals surface area contributed by atoms with Crippen LogP contribution in [0.4, 0.5) is 10.1 Å². The lowest BCUT2D eigenvalue weighted by molar-refractivity contribution is 0.577. The maximum absolute atomic E-state index is 13.3. The van der Waals surface area contributed by atoms with Crippen LogP contribution in [0.5, 0.6) is 0 Å². The number of benzene rings is 1. The van der Waals surface area contributed by atoms with Crippen LogP contribution in [0.25, 0.3) is 0 Å². The van der Waals surface area contributed by atoms with Gasteiger partial charge in [-0.25, -0.2) is 17.5 Å². The Morgan fingerprint density at radius 1 is 1.38 bits per heavy atom. The van der Waals surface area contributed by atoms with Crippen molar-refractivity contribution in [3.63, 3.8) is 0 Å². The maximum atomic E-state index is 13.3. The lowest BCUT2D eigenvalue weighted by atomic mass is 10.2. The summed E-state index contributed by atoms with van der Waals surface area (Å²) in [5.74, 6) is -0.689. The summed E-state index contributed by atoms with van der Waals surface area (Å²) in [7, 11) is -2.06. The molecule has 0 unspecified atom stereocenters. The number of nitrogens with one attached hydrogen (secondary N) is 1. The second-order valence-corrected chi connectivity index (χ2v) is 6.44. The second-order valence-electron chi connectivity index (χ2n) is 4.67. The van der Waals surface area contributed by atoms with Crippen LogP contribution in [0.3, 0.4) is 0 Å². The normalized spacial score (nSPS) is 11.8. The molecule has 0 aliphatic heterocycles. The zero-order chi connectivity index (χ0) is 15.6. The maximum Gasteiger partial charge on any atom is 0.241 e. The van der Waals surface area contributed by atoms with E-state index in [1.165, 1.54) is 6.07 Å². The first-order valence-corrected chi connectivity index (χ1v) is 7.87. The number of aryl methyl sites for hydroxylation is 2. The summed E-state index contributed by atoms with van der Waals surface area (Å²) in [6.45, 7) is 2.03. The summed E-state index contributed by atoms with van der Waals surface area (Å²) in [6.07, 6.45) is 2.45. The zero-order valence-corrected chi connectivity index (χ0v) is 12.6. The molecule has 1 heterocycles. The average Bonchev–Trinajstić information content (AvgIpc) is 2.76. The molecular formula is C13H17FN4O2S. The van der Waals surface area contributed by atoms with Crippen LogP contribution in [0.1, 0.15) is 18.2 Å². The van der Waals surface area contributed by atoms with Gasteiger partial charge in [-0.1, -0.05) is 6.92 Å². The number of hydrogen-bond acceptors (Lipinski definition) is 4. The molecule has 0 bridgehead atoms. The number of nitrogen functional groups attached to an aromatic ring is 1. The molecule has 0 amide bonds. The fourth-order valence-electron chi connectivity index (χ4n) is 2.02. The molecule has 0 aliphatic carbocycles. The highest BCUT2D eigenvalue weighted by Gasteiger charge is 2.17. The fourth-order valence-corrected chi connectivity index (χ4v) is 3.10. The minimum Gasteiger partial charge on any atom is -0.399 e. The minimum atomic E-state index is -3.83. The van der Waals surface area contributed by atoms with Gasteiger partial charge in [0.2, 0.25) is 10.0 Å². The van der Waals surface area contributed by atoms with Crippen molar-refractivity contribution in [2.75, 3.05) is 5.73 Å². The number of nitrogens with two attached hydrogens (primary N) is 1. The van der Waals surface area contributed by atoms with Gasteiger partial charge in [0.25, 0.3) is 0 Å². The molecule has 0 fully saturated rings. The van der Waals surface area contributed by atoms with Crippen molar-refractivity contribution in [1.29, 1.82) is 0 Å². The summed E-state index contributed by atoms with van der Waals surface area (Å²) in [5, 5.41) is 4.23. The van der Waals surface area contributed by atoms with Crippen molar-refractivity contribution < 1.29 is 12.8 Å². The van der Waals surface area contributed by atoms with E-state index in [4.69, 9.17) is 5.73 Å². The van der Waals surface area contributed by atoms with Crippen LogP contribution < -0.4 is 10.5 Å². The van der Waals surface area contributed by atoms with E-state index >= 15 is 0 Å². The third-order valence-corrected chi connectivity index (χ3v) is 4.36. The molecule has 1 aromatic carbocycles. The number of nitrogens with zero attached hydrogens (tertiary/aromatic N) is 2. The molecule has 0 saturated carbocycles. The van der Waals surface area contributed by atoms with Gasteiger partial charge in [0.15, 0.2) is 0 Å². The SMILES string of the molecule is CCc1nn(C)cc1CNS(=O)(=O)c1cc(N)cc(F)c1. The van der Waals surface area contributed by atoms with Crippen LogP contribution >= 0.6 is 0 Å². The molecule has 114 valence electrons. The summed E-state index contributed by atoms with van der Waals surface area (Å²) in [6, 6.07) is 3.22. The largest absolute Gasteiger partial charge is 0.399 e. The number of anilines is 1. The van der Waals surface area contributed by atoms with E-state index in [1.54, 1.807) is 17.9 Å². The molecule has 0 aliphatic rings. The molecule has 8 heteroatoms. The van der Waals surface area contributed by atoms with Crippen molar-refractivity contribution in [3.05, 3.63) is 41.5 Å². The molecule has 0 atom stereocenters. The van der Waals surface area contributed by atoms with Crippen molar-refractivity contribution in [1.82, 2.24) is 14.5 Å². The van der Waals surface area contributed by atoms with E-state index < -0.39 is 15.8 Å². The first-order chi connectivity index (χ1) is 9.81. The van der Waals surface area contributed by atoms with Gasteiger partial charge in [-0.2, -0.15) is 5.10 Å². The molecule has 1 aromatic heterocycles. The van der Waals surface area contributed by atoms with Gasteiger partial charge in [0, 0.05) is 31.0 Å². The Balaban J connectivity index is 2.21. The van der Waals surface area contributed by atoms with E-state index in [2.05, 4.69) is 9.82 Å². The quantitative estimate of drug-likeness (QED) is 0.811. The lowest BCUT2D eigenvalue weighted by Gasteiger charge is -2.07. The molecule has 2 rings (SSSR count).